The maximum Gasteiger partial charge on any atom is 0.272 e. The third kappa shape index (κ3) is 5.95. The quantitative estimate of drug-likeness (QED) is 0.306. The van der Waals surface area contributed by atoms with Crippen LogP contribution in [-0.2, 0) is 4.79 Å². The van der Waals surface area contributed by atoms with Gasteiger partial charge in [-0.05, 0) is 36.4 Å². The highest BCUT2D eigenvalue weighted by atomic mass is 16.6. The molecule has 168 valence electrons. The molecule has 0 aromatic heterocycles. The zero-order valence-electron chi connectivity index (χ0n) is 17.9. The van der Waals surface area contributed by atoms with Crippen molar-refractivity contribution in [2.75, 3.05) is 19.5 Å². The summed E-state index contributed by atoms with van der Waals surface area (Å²) in [6, 6.07) is 18.9. The number of hydrogen-bond donors (Lipinski definition) is 2. The van der Waals surface area contributed by atoms with Crippen LogP contribution in [-0.4, -0.2) is 31.0 Å². The van der Waals surface area contributed by atoms with Crippen LogP contribution < -0.4 is 20.1 Å². The number of benzene rings is 3. The van der Waals surface area contributed by atoms with Gasteiger partial charge in [0, 0.05) is 28.9 Å². The Hall–Kier alpha value is -4.66. The van der Waals surface area contributed by atoms with Crippen molar-refractivity contribution in [1.29, 1.82) is 0 Å². The summed E-state index contributed by atoms with van der Waals surface area (Å²) in [6.45, 7) is 0. The molecule has 0 atom stereocenters. The first-order valence-corrected chi connectivity index (χ1v) is 9.77. The number of nitro groups is 1. The van der Waals surface area contributed by atoms with Gasteiger partial charge >= 0.3 is 0 Å². The fourth-order valence-electron chi connectivity index (χ4n) is 2.95. The van der Waals surface area contributed by atoms with Crippen LogP contribution in [0.4, 0.5) is 11.4 Å². The first-order valence-electron chi connectivity index (χ1n) is 9.77. The molecule has 3 aromatic rings. The normalized spacial score (nSPS) is 10.8. The summed E-state index contributed by atoms with van der Waals surface area (Å²) in [7, 11) is 2.97. The van der Waals surface area contributed by atoms with E-state index in [1.807, 2.05) is 0 Å². The van der Waals surface area contributed by atoms with E-state index in [0.29, 0.717) is 17.1 Å². The molecule has 0 saturated heterocycles. The molecular weight excluding hydrogens is 426 g/mol. The first kappa shape index (κ1) is 23.0. The van der Waals surface area contributed by atoms with Gasteiger partial charge in [0.15, 0.2) is 0 Å². The number of nitrogens with one attached hydrogen (secondary N) is 2. The fourth-order valence-corrected chi connectivity index (χ4v) is 2.95. The lowest BCUT2D eigenvalue weighted by molar-refractivity contribution is -0.384. The molecule has 33 heavy (non-hydrogen) atoms. The molecule has 0 unspecified atom stereocenters. The van der Waals surface area contributed by atoms with E-state index in [0.717, 1.165) is 0 Å². The van der Waals surface area contributed by atoms with Crippen LogP contribution >= 0.6 is 0 Å². The van der Waals surface area contributed by atoms with Crippen LogP contribution in [0, 0.1) is 10.1 Å². The molecule has 0 saturated carbocycles. The third-order valence-electron chi connectivity index (χ3n) is 4.58. The van der Waals surface area contributed by atoms with Crippen molar-refractivity contribution in [3.05, 3.63) is 99.7 Å². The van der Waals surface area contributed by atoms with Gasteiger partial charge in [0.05, 0.1) is 19.1 Å². The lowest BCUT2D eigenvalue weighted by Gasteiger charge is -2.13. The van der Waals surface area contributed by atoms with Gasteiger partial charge in [-0.15, -0.1) is 0 Å². The van der Waals surface area contributed by atoms with Crippen molar-refractivity contribution < 1.29 is 24.0 Å². The number of nitrogens with zero attached hydrogens (tertiary/aromatic N) is 1. The van der Waals surface area contributed by atoms with E-state index in [4.69, 9.17) is 9.47 Å². The van der Waals surface area contributed by atoms with Gasteiger partial charge in [0.1, 0.15) is 17.2 Å². The van der Waals surface area contributed by atoms with Gasteiger partial charge in [0.25, 0.3) is 17.5 Å². The predicted molar refractivity (Wildman–Crippen MR) is 123 cm³/mol. The summed E-state index contributed by atoms with van der Waals surface area (Å²) in [6.07, 6.45) is 1.46. The number of carbonyl (C=O) groups excluding carboxylic acids is 2. The monoisotopic (exact) mass is 447 g/mol. The summed E-state index contributed by atoms with van der Waals surface area (Å²) in [4.78, 5) is 36.4. The largest absolute Gasteiger partial charge is 0.497 e. The summed E-state index contributed by atoms with van der Waals surface area (Å²) in [5, 5.41) is 16.2. The molecule has 2 N–H and O–H groups in total. The van der Waals surface area contributed by atoms with Crippen LogP contribution in [0.3, 0.4) is 0 Å². The highest BCUT2D eigenvalue weighted by Gasteiger charge is 2.17. The molecule has 0 aliphatic carbocycles. The Balaban J connectivity index is 1.95. The van der Waals surface area contributed by atoms with Crippen LogP contribution in [0.1, 0.15) is 15.9 Å². The molecule has 0 spiro atoms. The van der Waals surface area contributed by atoms with Crippen molar-refractivity contribution in [2.24, 2.45) is 0 Å². The number of non-ortho nitro benzene ring substituents is 1. The van der Waals surface area contributed by atoms with Gasteiger partial charge < -0.3 is 20.1 Å². The van der Waals surface area contributed by atoms with Crippen molar-refractivity contribution >= 4 is 29.3 Å². The van der Waals surface area contributed by atoms with Crippen molar-refractivity contribution in [2.45, 2.75) is 0 Å². The molecule has 9 heteroatoms. The second-order valence-electron chi connectivity index (χ2n) is 6.75. The van der Waals surface area contributed by atoms with Crippen LogP contribution in [0.15, 0.2) is 78.5 Å². The Morgan fingerprint density at radius 1 is 0.939 bits per heavy atom. The summed E-state index contributed by atoms with van der Waals surface area (Å²) in [5.74, 6) is -0.227. The molecule has 0 aliphatic heterocycles. The molecule has 0 bridgehead atoms. The van der Waals surface area contributed by atoms with Crippen LogP contribution in [0.5, 0.6) is 11.5 Å². The molecule has 9 nitrogen and oxygen atoms in total. The zero-order valence-corrected chi connectivity index (χ0v) is 17.9. The third-order valence-corrected chi connectivity index (χ3v) is 4.58. The summed E-state index contributed by atoms with van der Waals surface area (Å²) in [5.41, 5.74) is 0.775. The number of hydrogen-bond acceptors (Lipinski definition) is 6. The molecule has 3 aromatic carbocycles. The highest BCUT2D eigenvalue weighted by Crippen LogP contribution is 2.22. The standard InChI is InChI=1S/C24H21N3O6/c1-32-20-11-5-8-17(13-20)23(28)26-21(14-16-7-3-4-12-22(16)33-2)24(29)25-18-9-6-10-19(15-18)27(30)31/h3-15H,1-2H3,(H,25,29)(H,26,28). The molecule has 2 amide bonds. The van der Waals surface area contributed by atoms with Crippen LogP contribution in [0.25, 0.3) is 6.08 Å². The Labute approximate surface area is 189 Å². The smallest absolute Gasteiger partial charge is 0.272 e. The lowest BCUT2D eigenvalue weighted by Crippen LogP contribution is -2.30. The molecule has 3 rings (SSSR count). The maximum absolute atomic E-state index is 13.1. The minimum atomic E-state index is -0.669. The number of ether oxygens (including phenoxy) is 2. The lowest BCUT2D eigenvalue weighted by atomic mass is 10.1. The number of anilines is 1. The highest BCUT2D eigenvalue weighted by molar-refractivity contribution is 6.11. The Kier molecular flexibility index (Phi) is 7.38. The number of para-hydroxylation sites is 1. The van der Waals surface area contributed by atoms with E-state index >= 15 is 0 Å². The number of methoxy groups -OCH3 is 2. The number of amides is 2. The van der Waals surface area contributed by atoms with E-state index in [1.54, 1.807) is 42.5 Å². The number of carbonyl (C=O) groups is 2. The van der Waals surface area contributed by atoms with E-state index < -0.39 is 16.7 Å². The molecular formula is C24H21N3O6. The molecule has 0 aliphatic rings. The molecule has 0 fully saturated rings. The number of nitro benzene ring substituents is 1. The summed E-state index contributed by atoms with van der Waals surface area (Å²) < 4.78 is 10.5. The van der Waals surface area contributed by atoms with Crippen molar-refractivity contribution in [3.63, 3.8) is 0 Å². The predicted octanol–water partition coefficient (Wildman–Crippen LogP) is 4.02. The summed E-state index contributed by atoms with van der Waals surface area (Å²) >= 11 is 0. The molecule has 0 radical (unpaired) electrons. The first-order chi connectivity index (χ1) is 15.9. The molecule has 0 heterocycles. The average molecular weight is 447 g/mol. The van der Waals surface area contributed by atoms with Crippen molar-refractivity contribution in [1.82, 2.24) is 5.32 Å². The SMILES string of the molecule is COc1cccc(C(=O)NC(=Cc2ccccc2OC)C(=O)Nc2cccc([N+](=O)[O-])c2)c1. The van der Waals surface area contributed by atoms with E-state index in [2.05, 4.69) is 10.6 Å². The number of rotatable bonds is 8. The maximum atomic E-state index is 13.1. The fraction of sp³-hybridized carbons (Fsp3) is 0.0833. The Bertz CT molecular complexity index is 1220. The van der Waals surface area contributed by atoms with Crippen molar-refractivity contribution in [3.8, 4) is 11.5 Å². The van der Waals surface area contributed by atoms with Crippen LogP contribution in [0.2, 0.25) is 0 Å². The van der Waals surface area contributed by atoms with E-state index in [1.165, 1.54) is 50.6 Å². The zero-order chi connectivity index (χ0) is 23.8. The average Bonchev–Trinajstić information content (AvgIpc) is 2.84. The van der Waals surface area contributed by atoms with Gasteiger partial charge in [0.2, 0.25) is 0 Å². The Morgan fingerprint density at radius 2 is 1.70 bits per heavy atom. The minimum absolute atomic E-state index is 0.0844. The van der Waals surface area contributed by atoms with Gasteiger partial charge in [-0.3, -0.25) is 19.7 Å². The van der Waals surface area contributed by atoms with Gasteiger partial charge in [-0.1, -0.05) is 30.3 Å². The van der Waals surface area contributed by atoms with E-state index in [9.17, 15) is 19.7 Å². The van der Waals surface area contributed by atoms with Gasteiger partial charge in [-0.2, -0.15) is 0 Å². The van der Waals surface area contributed by atoms with Gasteiger partial charge in [-0.25, -0.2) is 0 Å². The minimum Gasteiger partial charge on any atom is -0.497 e. The van der Waals surface area contributed by atoms with E-state index in [-0.39, 0.29) is 22.6 Å². The second-order valence-corrected chi connectivity index (χ2v) is 6.75. The Morgan fingerprint density at radius 3 is 2.42 bits per heavy atom. The second kappa shape index (κ2) is 10.6. The topological polar surface area (TPSA) is 120 Å².